The third-order valence-electron chi connectivity index (χ3n) is 3.25. The van der Waals surface area contributed by atoms with E-state index in [-0.39, 0.29) is 0 Å². The van der Waals surface area contributed by atoms with Gasteiger partial charge in [0.1, 0.15) is 0 Å². The Morgan fingerprint density at radius 1 is 1.42 bits per heavy atom. The normalized spacial score (nSPS) is 14.4. The highest BCUT2D eigenvalue weighted by atomic mass is 32.1. The van der Waals surface area contributed by atoms with Crippen LogP contribution < -0.4 is 15.4 Å². The molecule has 100 valence electrons. The fourth-order valence-electron chi connectivity index (χ4n) is 2.12. The van der Waals surface area contributed by atoms with Crippen molar-refractivity contribution >= 4 is 22.8 Å². The van der Waals surface area contributed by atoms with Gasteiger partial charge in [-0.05, 0) is 30.4 Å². The molecule has 1 saturated carbocycles. The molecule has 1 fully saturated rings. The zero-order valence-electron chi connectivity index (χ0n) is 10.9. The molecule has 0 unspecified atom stereocenters. The molecule has 1 aliphatic rings. The minimum atomic E-state index is 0.559. The summed E-state index contributed by atoms with van der Waals surface area (Å²) in [5.41, 5.74) is 6.80. The van der Waals surface area contributed by atoms with Crippen molar-refractivity contribution in [2.75, 3.05) is 17.7 Å². The molecule has 2 aromatic rings. The molecule has 1 aliphatic carbocycles. The lowest BCUT2D eigenvalue weighted by atomic mass is 10.3. The van der Waals surface area contributed by atoms with Gasteiger partial charge in [0.15, 0.2) is 5.82 Å². The van der Waals surface area contributed by atoms with E-state index in [4.69, 9.17) is 10.5 Å². The van der Waals surface area contributed by atoms with E-state index in [0.29, 0.717) is 17.6 Å². The quantitative estimate of drug-likeness (QED) is 0.911. The zero-order valence-corrected chi connectivity index (χ0v) is 11.7. The first kappa shape index (κ1) is 12.3. The number of anilines is 2. The van der Waals surface area contributed by atoms with Crippen LogP contribution in [0.1, 0.15) is 17.7 Å². The van der Waals surface area contributed by atoms with Gasteiger partial charge in [-0.25, -0.2) is 0 Å². The molecule has 2 N–H and O–H groups in total. The van der Waals surface area contributed by atoms with Gasteiger partial charge in [-0.2, -0.15) is 4.98 Å². The largest absolute Gasteiger partial charge is 0.481 e. The first-order chi connectivity index (χ1) is 9.28. The van der Waals surface area contributed by atoms with Crippen LogP contribution in [0, 0.1) is 0 Å². The van der Waals surface area contributed by atoms with Crippen LogP contribution in [0.25, 0.3) is 0 Å². The molecule has 2 heterocycles. The van der Waals surface area contributed by atoms with E-state index < -0.39 is 0 Å². The van der Waals surface area contributed by atoms with E-state index in [1.165, 1.54) is 17.7 Å². The average molecular weight is 275 g/mol. The number of nitrogen functional groups attached to an aromatic ring is 1. The highest BCUT2D eigenvalue weighted by molar-refractivity contribution is 7.09. The molecule has 0 bridgehead atoms. The van der Waals surface area contributed by atoms with Crippen molar-refractivity contribution in [3.63, 3.8) is 0 Å². The van der Waals surface area contributed by atoms with Crippen LogP contribution in [0.3, 0.4) is 0 Å². The molecule has 0 aliphatic heterocycles. The minimum absolute atomic E-state index is 0.559. The monoisotopic (exact) mass is 275 g/mol. The number of nitrogens with two attached hydrogens (primary N) is 1. The molecule has 0 saturated heterocycles. The highest BCUT2D eigenvalue weighted by Crippen LogP contribution is 2.36. The van der Waals surface area contributed by atoms with Crippen LogP contribution in [0.4, 0.5) is 11.5 Å². The van der Waals surface area contributed by atoms with Crippen molar-refractivity contribution in [3.05, 3.63) is 34.5 Å². The van der Waals surface area contributed by atoms with Crippen molar-refractivity contribution < 1.29 is 4.74 Å². The smallest absolute Gasteiger partial charge is 0.215 e. The van der Waals surface area contributed by atoms with E-state index in [0.717, 1.165) is 12.4 Å². The van der Waals surface area contributed by atoms with Gasteiger partial charge < -0.3 is 15.4 Å². The van der Waals surface area contributed by atoms with E-state index in [1.54, 1.807) is 24.5 Å². The first-order valence-electron chi connectivity index (χ1n) is 6.37. The highest BCUT2D eigenvalue weighted by Gasteiger charge is 2.31. The summed E-state index contributed by atoms with van der Waals surface area (Å²) in [5.74, 6) is 1.45. The maximum absolute atomic E-state index is 6.08. The number of hydrogen-bond acceptors (Lipinski definition) is 5. The Bertz CT molecular complexity index is 552. The Morgan fingerprint density at radius 3 is 2.89 bits per heavy atom. The molecule has 0 atom stereocenters. The summed E-state index contributed by atoms with van der Waals surface area (Å²) >= 11 is 1.77. The number of methoxy groups -OCH3 is 1. The average Bonchev–Trinajstić information content (AvgIpc) is 3.14. The molecule has 2 aromatic heterocycles. The molecule has 4 nitrogen and oxygen atoms in total. The lowest BCUT2D eigenvalue weighted by molar-refractivity contribution is 0.398. The summed E-state index contributed by atoms with van der Waals surface area (Å²) in [6, 6.07) is 8.45. The molecule has 0 spiro atoms. The minimum Gasteiger partial charge on any atom is -0.481 e. The van der Waals surface area contributed by atoms with Crippen molar-refractivity contribution in [1.29, 1.82) is 0 Å². The van der Waals surface area contributed by atoms with Gasteiger partial charge >= 0.3 is 0 Å². The van der Waals surface area contributed by atoms with Gasteiger partial charge in [0.25, 0.3) is 0 Å². The molecular formula is C14H17N3OS. The van der Waals surface area contributed by atoms with E-state index >= 15 is 0 Å². The summed E-state index contributed by atoms with van der Waals surface area (Å²) in [4.78, 5) is 8.14. The van der Waals surface area contributed by atoms with Crippen molar-refractivity contribution in [1.82, 2.24) is 4.98 Å². The number of nitrogens with zero attached hydrogens (tertiary/aromatic N) is 2. The van der Waals surface area contributed by atoms with Gasteiger partial charge in [-0.15, -0.1) is 11.3 Å². The van der Waals surface area contributed by atoms with Gasteiger partial charge in [-0.3, -0.25) is 0 Å². The second-order valence-electron chi connectivity index (χ2n) is 4.70. The summed E-state index contributed by atoms with van der Waals surface area (Å²) in [6.45, 7) is 0.868. The number of hydrogen-bond donors (Lipinski definition) is 1. The van der Waals surface area contributed by atoms with Gasteiger partial charge in [0.2, 0.25) is 5.88 Å². The second kappa shape index (κ2) is 5.09. The summed E-state index contributed by atoms with van der Waals surface area (Å²) < 4.78 is 5.20. The Morgan fingerprint density at radius 2 is 2.26 bits per heavy atom. The third-order valence-corrected chi connectivity index (χ3v) is 4.12. The standard InChI is InChI=1S/C14H17N3OS/c1-18-13-7-6-12(15)14(16-13)17(10-4-5-10)9-11-3-2-8-19-11/h2-3,6-8,10H,4-5,9,15H2,1H3. The molecule has 0 amide bonds. The van der Waals surface area contributed by atoms with Gasteiger partial charge in [0, 0.05) is 17.0 Å². The topological polar surface area (TPSA) is 51.4 Å². The maximum Gasteiger partial charge on any atom is 0.215 e. The zero-order chi connectivity index (χ0) is 13.2. The van der Waals surface area contributed by atoms with Crippen molar-refractivity contribution in [2.24, 2.45) is 0 Å². The predicted molar refractivity (Wildman–Crippen MR) is 78.7 cm³/mol. The lowest BCUT2D eigenvalue weighted by Crippen LogP contribution is -2.26. The Balaban J connectivity index is 1.91. The fraction of sp³-hybridized carbons (Fsp3) is 0.357. The van der Waals surface area contributed by atoms with Gasteiger partial charge in [0.05, 0.1) is 19.3 Å². The summed E-state index contributed by atoms with van der Waals surface area (Å²) in [6.07, 6.45) is 2.42. The predicted octanol–water partition coefficient (Wildman–Crippen LogP) is 2.90. The molecule has 0 radical (unpaired) electrons. The van der Waals surface area contributed by atoms with Crippen LogP contribution in [-0.4, -0.2) is 18.1 Å². The van der Waals surface area contributed by atoms with E-state index in [2.05, 4.69) is 27.4 Å². The molecule has 5 heteroatoms. The van der Waals surface area contributed by atoms with Crippen molar-refractivity contribution in [3.8, 4) is 5.88 Å². The number of pyridine rings is 1. The van der Waals surface area contributed by atoms with E-state index in [1.807, 2.05) is 6.07 Å². The third kappa shape index (κ3) is 2.66. The van der Waals surface area contributed by atoms with Crippen LogP contribution in [0.15, 0.2) is 29.6 Å². The molecule has 3 rings (SSSR count). The second-order valence-corrected chi connectivity index (χ2v) is 5.74. The SMILES string of the molecule is COc1ccc(N)c(N(Cc2cccs2)C2CC2)n1. The van der Waals surface area contributed by atoms with Crippen molar-refractivity contribution in [2.45, 2.75) is 25.4 Å². The fourth-order valence-corrected chi connectivity index (χ4v) is 2.82. The number of rotatable bonds is 5. The first-order valence-corrected chi connectivity index (χ1v) is 7.25. The van der Waals surface area contributed by atoms with E-state index in [9.17, 15) is 0 Å². The maximum atomic E-state index is 6.08. The molecular weight excluding hydrogens is 258 g/mol. The summed E-state index contributed by atoms with van der Waals surface area (Å²) in [7, 11) is 1.63. The number of ether oxygens (including phenoxy) is 1. The van der Waals surface area contributed by atoms with Crippen LogP contribution in [0.2, 0.25) is 0 Å². The Labute approximate surface area is 116 Å². The van der Waals surface area contributed by atoms with Gasteiger partial charge in [-0.1, -0.05) is 6.07 Å². The Kier molecular flexibility index (Phi) is 3.29. The molecule has 19 heavy (non-hydrogen) atoms. The lowest BCUT2D eigenvalue weighted by Gasteiger charge is -2.24. The Hall–Kier alpha value is -1.75. The van der Waals surface area contributed by atoms with Crippen LogP contribution >= 0.6 is 11.3 Å². The number of thiophene rings is 1. The summed E-state index contributed by atoms with van der Waals surface area (Å²) in [5, 5.41) is 2.10. The van der Waals surface area contributed by atoms with Crippen LogP contribution in [-0.2, 0) is 6.54 Å². The van der Waals surface area contributed by atoms with Crippen LogP contribution in [0.5, 0.6) is 5.88 Å². The number of aromatic nitrogens is 1. The molecule has 0 aromatic carbocycles.